The van der Waals surface area contributed by atoms with Crippen molar-refractivity contribution in [1.82, 2.24) is 0 Å². The lowest BCUT2D eigenvalue weighted by Gasteiger charge is -1.98. The maximum Gasteiger partial charge on any atom is 0.336 e. The number of carbonyl (C=O) groups is 1. The van der Waals surface area contributed by atoms with Crippen molar-refractivity contribution in [2.45, 2.75) is 0 Å². The predicted octanol–water partition coefficient (Wildman–Crippen LogP) is 3.31. The van der Waals surface area contributed by atoms with Crippen molar-refractivity contribution >= 4 is 17.7 Å². The van der Waals surface area contributed by atoms with E-state index in [0.29, 0.717) is 22.8 Å². The van der Waals surface area contributed by atoms with Crippen LogP contribution in [-0.2, 0) is 9.53 Å². The number of rotatable bonds is 3. The number of carbonyl (C=O) groups excluding carboxylic acids is 1. The molecule has 0 saturated carbocycles. The molecule has 0 N–H and O–H groups in total. The van der Waals surface area contributed by atoms with Gasteiger partial charge in [-0.25, -0.2) is 4.79 Å². The number of hydrogen-bond donors (Lipinski definition) is 0. The largest absolute Gasteiger partial charge is 0.456 e. The summed E-state index contributed by atoms with van der Waals surface area (Å²) in [7, 11) is 0. The van der Waals surface area contributed by atoms with Gasteiger partial charge in [0.05, 0.1) is 10.5 Å². The van der Waals surface area contributed by atoms with Crippen LogP contribution in [0.15, 0.2) is 58.7 Å². The smallest absolute Gasteiger partial charge is 0.336 e. The summed E-state index contributed by atoms with van der Waals surface area (Å²) in [6, 6.07) is 9.61. The standard InChI is InChI=1S/C15H9NO5/c17-15-8-6-11(21-15)9-10-5-7-14(20-10)12-3-1-2-4-13(12)16(18)19/h1-9H. The number of nitrogens with zero attached hydrogens (tertiary/aromatic N) is 1. The van der Waals surface area contributed by atoms with Crippen LogP contribution in [0.2, 0.25) is 0 Å². The van der Waals surface area contributed by atoms with Gasteiger partial charge in [-0.15, -0.1) is 0 Å². The van der Waals surface area contributed by atoms with Gasteiger partial charge in [-0.3, -0.25) is 10.1 Å². The quantitative estimate of drug-likeness (QED) is 0.490. The molecule has 1 aliphatic rings. The third-order valence-corrected chi connectivity index (χ3v) is 2.88. The third kappa shape index (κ3) is 2.59. The molecule has 0 aliphatic carbocycles. The van der Waals surface area contributed by atoms with Crippen LogP contribution in [0.25, 0.3) is 17.4 Å². The van der Waals surface area contributed by atoms with Crippen molar-refractivity contribution in [3.05, 3.63) is 70.2 Å². The number of allylic oxidation sites excluding steroid dienone is 1. The normalized spacial score (nSPS) is 15.4. The van der Waals surface area contributed by atoms with E-state index in [0.717, 1.165) is 0 Å². The molecule has 6 nitrogen and oxygen atoms in total. The molecule has 0 unspecified atom stereocenters. The molecule has 0 bridgehead atoms. The molecule has 6 heteroatoms. The molecular weight excluding hydrogens is 274 g/mol. The number of cyclic esters (lactones) is 1. The molecule has 0 saturated heterocycles. The van der Waals surface area contributed by atoms with E-state index in [-0.39, 0.29) is 5.69 Å². The molecule has 2 aromatic rings. The molecule has 0 atom stereocenters. The zero-order chi connectivity index (χ0) is 14.8. The second-order valence-electron chi connectivity index (χ2n) is 4.28. The summed E-state index contributed by atoms with van der Waals surface area (Å²) < 4.78 is 10.4. The van der Waals surface area contributed by atoms with Gasteiger partial charge in [0.1, 0.15) is 17.3 Å². The Balaban J connectivity index is 1.94. The van der Waals surface area contributed by atoms with Crippen molar-refractivity contribution in [2.75, 3.05) is 0 Å². The Morgan fingerprint density at radius 2 is 1.90 bits per heavy atom. The molecule has 1 aromatic heterocycles. The number of esters is 1. The van der Waals surface area contributed by atoms with E-state index in [9.17, 15) is 14.9 Å². The second kappa shape index (κ2) is 5.09. The molecule has 3 rings (SSSR count). The van der Waals surface area contributed by atoms with Crippen LogP contribution in [0.4, 0.5) is 5.69 Å². The first-order chi connectivity index (χ1) is 10.1. The van der Waals surface area contributed by atoms with Gasteiger partial charge in [0.25, 0.3) is 5.69 Å². The number of nitro groups is 1. The van der Waals surface area contributed by atoms with Crippen molar-refractivity contribution in [1.29, 1.82) is 0 Å². The van der Waals surface area contributed by atoms with Gasteiger partial charge in [-0.2, -0.15) is 0 Å². The van der Waals surface area contributed by atoms with E-state index in [4.69, 9.17) is 9.15 Å². The highest BCUT2D eigenvalue weighted by atomic mass is 16.6. The number of para-hydroxylation sites is 1. The third-order valence-electron chi connectivity index (χ3n) is 2.88. The topological polar surface area (TPSA) is 82.6 Å². The Kier molecular flexibility index (Phi) is 3.12. The molecule has 1 aliphatic heterocycles. The summed E-state index contributed by atoms with van der Waals surface area (Å²) in [5, 5.41) is 11.0. The lowest BCUT2D eigenvalue weighted by atomic mass is 10.1. The summed E-state index contributed by atoms with van der Waals surface area (Å²) in [4.78, 5) is 21.5. The highest BCUT2D eigenvalue weighted by Crippen LogP contribution is 2.31. The van der Waals surface area contributed by atoms with Gasteiger partial charge in [0, 0.05) is 18.2 Å². The van der Waals surface area contributed by atoms with Crippen molar-refractivity contribution in [3.63, 3.8) is 0 Å². The predicted molar refractivity (Wildman–Crippen MR) is 74.0 cm³/mol. The van der Waals surface area contributed by atoms with Crippen LogP contribution in [-0.4, -0.2) is 10.9 Å². The first kappa shape index (κ1) is 12.9. The molecule has 1 aromatic carbocycles. The van der Waals surface area contributed by atoms with Crippen LogP contribution in [0.3, 0.4) is 0 Å². The van der Waals surface area contributed by atoms with Crippen LogP contribution in [0.1, 0.15) is 5.76 Å². The minimum Gasteiger partial charge on any atom is -0.456 e. The average Bonchev–Trinajstić information content (AvgIpc) is 3.08. The Morgan fingerprint density at radius 1 is 1.10 bits per heavy atom. The van der Waals surface area contributed by atoms with E-state index in [1.54, 1.807) is 36.4 Å². The lowest BCUT2D eigenvalue weighted by molar-refractivity contribution is -0.384. The Morgan fingerprint density at radius 3 is 2.62 bits per heavy atom. The summed E-state index contributed by atoms with van der Waals surface area (Å²) in [6.45, 7) is 0. The van der Waals surface area contributed by atoms with Crippen LogP contribution < -0.4 is 0 Å². The van der Waals surface area contributed by atoms with Gasteiger partial charge >= 0.3 is 5.97 Å². The molecular formula is C15H9NO5. The number of hydrogen-bond acceptors (Lipinski definition) is 5. The van der Waals surface area contributed by atoms with Crippen molar-refractivity contribution in [3.8, 4) is 11.3 Å². The van der Waals surface area contributed by atoms with Crippen LogP contribution in [0.5, 0.6) is 0 Å². The van der Waals surface area contributed by atoms with Crippen LogP contribution in [0, 0.1) is 10.1 Å². The highest BCUT2D eigenvalue weighted by Gasteiger charge is 2.17. The van der Waals surface area contributed by atoms with Gasteiger partial charge in [0.2, 0.25) is 0 Å². The summed E-state index contributed by atoms with van der Waals surface area (Å²) in [5.41, 5.74) is 0.365. The van der Waals surface area contributed by atoms with E-state index >= 15 is 0 Å². The minimum absolute atomic E-state index is 0.0294. The van der Waals surface area contributed by atoms with Gasteiger partial charge in [-0.1, -0.05) is 12.1 Å². The van der Waals surface area contributed by atoms with Crippen molar-refractivity contribution in [2.24, 2.45) is 0 Å². The molecule has 0 amide bonds. The van der Waals surface area contributed by atoms with Gasteiger partial charge in [0.15, 0.2) is 0 Å². The van der Waals surface area contributed by atoms with Gasteiger partial charge in [-0.05, 0) is 24.3 Å². The Labute approximate surface area is 119 Å². The number of ether oxygens (including phenoxy) is 1. The summed E-state index contributed by atoms with van der Waals surface area (Å²) in [5.74, 6) is 0.746. The maximum absolute atomic E-state index is 11.0. The number of benzene rings is 1. The van der Waals surface area contributed by atoms with E-state index < -0.39 is 10.9 Å². The molecule has 2 heterocycles. The SMILES string of the molecule is O=C1C=CC(=Cc2ccc(-c3ccccc3[N+](=O)[O-])o2)O1. The molecule has 104 valence electrons. The van der Waals surface area contributed by atoms with Gasteiger partial charge < -0.3 is 9.15 Å². The second-order valence-corrected chi connectivity index (χ2v) is 4.28. The fourth-order valence-corrected chi connectivity index (χ4v) is 1.97. The number of furan rings is 1. The minimum atomic E-state index is -0.461. The monoisotopic (exact) mass is 283 g/mol. The Bertz CT molecular complexity index is 785. The average molecular weight is 283 g/mol. The summed E-state index contributed by atoms with van der Waals surface area (Å²) in [6.07, 6.45) is 4.37. The van der Waals surface area contributed by atoms with E-state index in [1.165, 1.54) is 18.2 Å². The first-order valence-electron chi connectivity index (χ1n) is 6.09. The van der Waals surface area contributed by atoms with Crippen molar-refractivity contribution < 1.29 is 18.9 Å². The Hall–Kier alpha value is -3.15. The lowest BCUT2D eigenvalue weighted by Crippen LogP contribution is -1.90. The van der Waals surface area contributed by atoms with Crippen LogP contribution >= 0.6 is 0 Å². The number of nitro benzene ring substituents is 1. The zero-order valence-electron chi connectivity index (χ0n) is 10.7. The fraction of sp³-hybridized carbons (Fsp3) is 0. The zero-order valence-corrected chi connectivity index (χ0v) is 10.7. The molecule has 0 radical (unpaired) electrons. The molecule has 21 heavy (non-hydrogen) atoms. The summed E-state index contributed by atoms with van der Waals surface area (Å²) >= 11 is 0. The first-order valence-corrected chi connectivity index (χ1v) is 6.09. The highest BCUT2D eigenvalue weighted by molar-refractivity contribution is 5.87. The fourth-order valence-electron chi connectivity index (χ4n) is 1.97. The molecule has 0 spiro atoms. The van der Waals surface area contributed by atoms with E-state index in [1.807, 2.05) is 0 Å². The van der Waals surface area contributed by atoms with E-state index in [2.05, 4.69) is 0 Å². The molecule has 0 fully saturated rings. The maximum atomic E-state index is 11.0.